The Morgan fingerprint density at radius 1 is 1.22 bits per heavy atom. The van der Waals surface area contributed by atoms with Gasteiger partial charge < -0.3 is 15.1 Å². The second kappa shape index (κ2) is 9.30. The van der Waals surface area contributed by atoms with Crippen LogP contribution in [0.15, 0.2) is 18.3 Å². The van der Waals surface area contributed by atoms with E-state index in [1.807, 2.05) is 24.1 Å². The molecule has 0 aromatic carbocycles. The molecule has 3 heterocycles. The minimum atomic E-state index is 0. The Hall–Kier alpha value is -1.04. The molecule has 0 bridgehead atoms. The van der Waals surface area contributed by atoms with Crippen LogP contribution in [0.25, 0.3) is 0 Å². The summed E-state index contributed by atoms with van der Waals surface area (Å²) in [5, 5.41) is 3.33. The number of amides is 1. The van der Waals surface area contributed by atoms with E-state index in [-0.39, 0.29) is 30.7 Å². The van der Waals surface area contributed by atoms with E-state index >= 15 is 0 Å². The quantitative estimate of drug-likeness (QED) is 0.898. The van der Waals surface area contributed by atoms with Gasteiger partial charge in [-0.15, -0.1) is 24.8 Å². The maximum absolute atomic E-state index is 12.5. The monoisotopic (exact) mass is 360 g/mol. The zero-order valence-electron chi connectivity index (χ0n) is 13.5. The number of pyridine rings is 1. The van der Waals surface area contributed by atoms with E-state index in [1.54, 1.807) is 6.20 Å². The van der Waals surface area contributed by atoms with Crippen LogP contribution >= 0.6 is 24.8 Å². The van der Waals surface area contributed by atoms with Crippen LogP contribution in [0.1, 0.15) is 36.0 Å². The lowest BCUT2D eigenvalue weighted by molar-refractivity contribution is 0.0703. The molecule has 1 aromatic rings. The summed E-state index contributed by atoms with van der Waals surface area (Å²) < 4.78 is 0. The van der Waals surface area contributed by atoms with Crippen molar-refractivity contribution in [2.45, 2.75) is 31.7 Å². The number of piperidine rings is 1. The zero-order valence-corrected chi connectivity index (χ0v) is 15.2. The topological polar surface area (TPSA) is 48.5 Å². The molecule has 0 spiro atoms. The Labute approximate surface area is 150 Å². The summed E-state index contributed by atoms with van der Waals surface area (Å²) in [7, 11) is 1.91. The van der Waals surface area contributed by atoms with E-state index in [9.17, 15) is 4.79 Å². The maximum Gasteiger partial charge on any atom is 0.255 e. The Morgan fingerprint density at radius 2 is 1.87 bits per heavy atom. The zero-order chi connectivity index (χ0) is 14.7. The number of rotatable bonds is 3. The predicted octanol–water partition coefficient (Wildman–Crippen LogP) is 2.35. The molecule has 5 nitrogen and oxygen atoms in total. The Bertz CT molecular complexity index is 485. The normalized spacial score (nSPS) is 18.0. The minimum absolute atomic E-state index is 0. The summed E-state index contributed by atoms with van der Waals surface area (Å²) in [5.74, 6) is 1.08. The van der Waals surface area contributed by atoms with Crippen LogP contribution in [-0.2, 0) is 0 Å². The SMILES string of the molecule is CN(C(=O)c1ccc(N2CCCC2)nc1)C1CCNCC1.Cl.Cl. The standard InChI is InChI=1S/C16H24N4O.2ClH/c1-19(14-6-8-17-9-7-14)16(21)13-4-5-15(18-12-13)20-10-2-3-11-20;;/h4-5,12,14,17H,2-3,6-11H2,1H3;2*1H. The van der Waals surface area contributed by atoms with Crippen LogP contribution in [0.4, 0.5) is 5.82 Å². The van der Waals surface area contributed by atoms with Gasteiger partial charge in [-0.2, -0.15) is 0 Å². The van der Waals surface area contributed by atoms with Crippen molar-refractivity contribution >= 4 is 36.5 Å². The summed E-state index contributed by atoms with van der Waals surface area (Å²) in [4.78, 5) is 21.2. The molecule has 1 N–H and O–H groups in total. The first-order valence-electron chi connectivity index (χ1n) is 7.94. The van der Waals surface area contributed by atoms with Crippen molar-refractivity contribution in [3.8, 4) is 0 Å². The number of anilines is 1. The molecule has 0 saturated carbocycles. The molecule has 2 fully saturated rings. The molecule has 0 unspecified atom stereocenters. The van der Waals surface area contributed by atoms with Crippen LogP contribution in [-0.4, -0.2) is 55.1 Å². The third kappa shape index (κ3) is 4.72. The first kappa shape index (κ1) is 20.0. The van der Waals surface area contributed by atoms with Crippen LogP contribution in [0.2, 0.25) is 0 Å². The predicted molar refractivity (Wildman–Crippen MR) is 98.2 cm³/mol. The highest BCUT2D eigenvalue weighted by atomic mass is 35.5. The lowest BCUT2D eigenvalue weighted by Crippen LogP contribution is -2.44. The van der Waals surface area contributed by atoms with Gasteiger partial charge in [-0.3, -0.25) is 4.79 Å². The molecule has 130 valence electrons. The highest BCUT2D eigenvalue weighted by Gasteiger charge is 2.23. The first-order chi connectivity index (χ1) is 10.3. The van der Waals surface area contributed by atoms with E-state index in [4.69, 9.17) is 0 Å². The summed E-state index contributed by atoms with van der Waals surface area (Å²) in [6.45, 7) is 4.15. The van der Waals surface area contributed by atoms with Gasteiger partial charge in [0.25, 0.3) is 5.91 Å². The van der Waals surface area contributed by atoms with Gasteiger partial charge in [-0.05, 0) is 50.9 Å². The summed E-state index contributed by atoms with van der Waals surface area (Å²) in [5.41, 5.74) is 0.693. The van der Waals surface area contributed by atoms with Crippen molar-refractivity contribution in [1.29, 1.82) is 0 Å². The third-order valence-corrected chi connectivity index (χ3v) is 4.60. The summed E-state index contributed by atoms with van der Waals surface area (Å²) >= 11 is 0. The molecule has 0 aliphatic carbocycles. The molecule has 0 atom stereocenters. The number of hydrogen-bond donors (Lipinski definition) is 1. The van der Waals surface area contributed by atoms with E-state index in [0.717, 1.165) is 44.8 Å². The van der Waals surface area contributed by atoms with Crippen molar-refractivity contribution in [3.05, 3.63) is 23.9 Å². The second-order valence-electron chi connectivity index (χ2n) is 6.00. The van der Waals surface area contributed by atoms with E-state index < -0.39 is 0 Å². The average molecular weight is 361 g/mol. The molecular weight excluding hydrogens is 335 g/mol. The summed E-state index contributed by atoms with van der Waals surface area (Å²) in [6.07, 6.45) is 6.26. The second-order valence-corrected chi connectivity index (χ2v) is 6.00. The van der Waals surface area contributed by atoms with Gasteiger partial charge in [0.15, 0.2) is 0 Å². The van der Waals surface area contributed by atoms with E-state index in [0.29, 0.717) is 11.6 Å². The van der Waals surface area contributed by atoms with Gasteiger partial charge in [0, 0.05) is 32.4 Å². The van der Waals surface area contributed by atoms with Crippen molar-refractivity contribution in [1.82, 2.24) is 15.2 Å². The smallest absolute Gasteiger partial charge is 0.255 e. The molecule has 7 heteroatoms. The fourth-order valence-electron chi connectivity index (χ4n) is 3.21. The van der Waals surface area contributed by atoms with Gasteiger partial charge in [0.05, 0.1) is 5.56 Å². The van der Waals surface area contributed by atoms with E-state index in [2.05, 4.69) is 15.2 Å². The molecule has 1 amide bonds. The van der Waals surface area contributed by atoms with Crippen molar-refractivity contribution in [3.63, 3.8) is 0 Å². The minimum Gasteiger partial charge on any atom is -0.357 e. The van der Waals surface area contributed by atoms with Gasteiger partial charge in [0.2, 0.25) is 0 Å². The highest BCUT2D eigenvalue weighted by molar-refractivity contribution is 5.94. The maximum atomic E-state index is 12.5. The van der Waals surface area contributed by atoms with Gasteiger partial charge in [0.1, 0.15) is 5.82 Å². The fraction of sp³-hybridized carbons (Fsp3) is 0.625. The van der Waals surface area contributed by atoms with Gasteiger partial charge in [-0.25, -0.2) is 4.98 Å². The van der Waals surface area contributed by atoms with Crippen molar-refractivity contribution < 1.29 is 4.79 Å². The number of carbonyl (C=O) groups excluding carboxylic acids is 1. The van der Waals surface area contributed by atoms with Gasteiger partial charge in [-0.1, -0.05) is 0 Å². The van der Waals surface area contributed by atoms with E-state index in [1.165, 1.54) is 12.8 Å². The number of hydrogen-bond acceptors (Lipinski definition) is 4. The number of halogens is 2. The molecular formula is C16H26Cl2N4O. The van der Waals surface area contributed by atoms with Crippen LogP contribution < -0.4 is 10.2 Å². The highest BCUT2D eigenvalue weighted by Crippen LogP contribution is 2.19. The number of carbonyl (C=O) groups is 1. The largest absolute Gasteiger partial charge is 0.357 e. The first-order valence-corrected chi connectivity index (χ1v) is 7.94. The fourth-order valence-corrected chi connectivity index (χ4v) is 3.21. The van der Waals surface area contributed by atoms with Crippen LogP contribution in [0.3, 0.4) is 0 Å². The molecule has 3 rings (SSSR count). The number of aromatic nitrogens is 1. The number of nitrogens with zero attached hydrogens (tertiary/aromatic N) is 3. The Morgan fingerprint density at radius 3 is 2.43 bits per heavy atom. The molecule has 23 heavy (non-hydrogen) atoms. The molecule has 0 radical (unpaired) electrons. The molecule has 2 saturated heterocycles. The molecule has 2 aliphatic heterocycles. The molecule has 1 aromatic heterocycles. The van der Waals surface area contributed by atoms with Crippen LogP contribution in [0.5, 0.6) is 0 Å². The third-order valence-electron chi connectivity index (χ3n) is 4.60. The molecule has 2 aliphatic rings. The Balaban J connectivity index is 0.00000132. The lowest BCUT2D eigenvalue weighted by Gasteiger charge is -2.31. The number of nitrogens with one attached hydrogen (secondary N) is 1. The summed E-state index contributed by atoms with van der Waals surface area (Å²) in [6, 6.07) is 4.24. The Kier molecular flexibility index (Phi) is 8.09. The average Bonchev–Trinajstić information content (AvgIpc) is 3.09. The van der Waals surface area contributed by atoms with Crippen molar-refractivity contribution in [2.75, 3.05) is 38.1 Å². The van der Waals surface area contributed by atoms with Crippen molar-refractivity contribution in [2.24, 2.45) is 0 Å². The van der Waals surface area contributed by atoms with Gasteiger partial charge >= 0.3 is 0 Å². The lowest BCUT2D eigenvalue weighted by atomic mass is 10.0. The van der Waals surface area contributed by atoms with Crippen LogP contribution in [0, 0.1) is 0 Å².